The number of rotatable bonds is 1. The summed E-state index contributed by atoms with van der Waals surface area (Å²) < 4.78 is 0. The van der Waals surface area contributed by atoms with Crippen molar-refractivity contribution in [3.05, 3.63) is 6.42 Å². The normalized spacial score (nSPS) is 12.8. The quantitative estimate of drug-likeness (QED) is 0.390. The van der Waals surface area contributed by atoms with Crippen LogP contribution in [0.2, 0.25) is 0 Å². The summed E-state index contributed by atoms with van der Waals surface area (Å²) in [6.07, 6.45) is 7.46. The van der Waals surface area contributed by atoms with Crippen LogP contribution in [-0.2, 0) is 0 Å². The fourth-order valence-corrected chi connectivity index (χ4v) is 0.102. The molecule has 0 saturated heterocycles. The summed E-state index contributed by atoms with van der Waals surface area (Å²) in [5, 5.41) is 0. The molecule has 0 aliphatic heterocycles. The Kier molecular flexibility index (Phi) is 3.26. The van der Waals surface area contributed by atoms with E-state index < -0.39 is 0 Å². The van der Waals surface area contributed by atoms with Gasteiger partial charge in [-0.25, -0.2) is 0 Å². The Morgan fingerprint density at radius 3 is 2.50 bits per heavy atom. The molecule has 0 heterocycles. The van der Waals surface area contributed by atoms with Crippen molar-refractivity contribution >= 4 is 15.9 Å². The Morgan fingerprint density at radius 1 is 2.00 bits per heavy atom. The fourth-order valence-electron chi connectivity index (χ4n) is 0.102. The highest BCUT2D eigenvalue weighted by molar-refractivity contribution is 9.09. The molecule has 0 bridgehead atoms. The Balaban J connectivity index is 3.04. The van der Waals surface area contributed by atoms with Crippen molar-refractivity contribution < 1.29 is 0 Å². The minimum atomic E-state index is 0.164. The third-order valence-corrected chi connectivity index (χ3v) is 1.39. The summed E-state index contributed by atoms with van der Waals surface area (Å²) in [4.78, 5) is 0.164. The van der Waals surface area contributed by atoms with Gasteiger partial charge in [0.1, 0.15) is 0 Å². The van der Waals surface area contributed by atoms with Crippen molar-refractivity contribution in [2.45, 2.75) is 18.2 Å². The molecule has 0 aromatic heterocycles. The zero-order chi connectivity index (χ0) is 4.99. The van der Waals surface area contributed by atoms with Gasteiger partial charge in [0.05, 0.1) is 4.83 Å². The van der Waals surface area contributed by atoms with E-state index in [2.05, 4.69) is 21.9 Å². The monoisotopic (exact) mass is 145 g/mol. The van der Waals surface area contributed by atoms with Crippen molar-refractivity contribution in [2.24, 2.45) is 0 Å². The van der Waals surface area contributed by atoms with E-state index in [1.807, 2.05) is 6.92 Å². The lowest BCUT2D eigenvalue weighted by Gasteiger charge is -1.87. The van der Waals surface area contributed by atoms with E-state index in [0.29, 0.717) is 0 Å². The van der Waals surface area contributed by atoms with E-state index in [-0.39, 0.29) is 4.83 Å². The van der Waals surface area contributed by atoms with Crippen molar-refractivity contribution in [1.82, 2.24) is 0 Å². The summed E-state index contributed by atoms with van der Waals surface area (Å²) in [6, 6.07) is 0. The maximum atomic E-state index is 6.51. The van der Waals surface area contributed by atoms with Gasteiger partial charge in [-0.1, -0.05) is 28.8 Å². The molecule has 0 fully saturated rings. The van der Waals surface area contributed by atoms with Gasteiger partial charge in [0.25, 0.3) is 0 Å². The zero-order valence-corrected chi connectivity index (χ0v) is 5.25. The highest BCUT2D eigenvalue weighted by Crippen LogP contribution is 1.99. The molecule has 0 aliphatic rings. The lowest BCUT2D eigenvalue weighted by molar-refractivity contribution is 1.01. The van der Waals surface area contributed by atoms with Gasteiger partial charge >= 0.3 is 0 Å². The van der Waals surface area contributed by atoms with Gasteiger partial charge in [-0.15, -0.1) is 0 Å². The molecule has 33 valence electrons. The molecular formula is C5H6Br. The fraction of sp³-hybridized carbons (Fsp3) is 0.600. The van der Waals surface area contributed by atoms with E-state index in [0.717, 1.165) is 6.42 Å². The largest absolute Gasteiger partial charge is 0.0762 e. The minimum absolute atomic E-state index is 0.164. The molecule has 0 nitrogen and oxygen atoms in total. The third kappa shape index (κ3) is 2.29. The standard InChI is InChI=1S/C5H6Br/c1-3-5(6)4-2/h5H,3H2,1H3. The van der Waals surface area contributed by atoms with Crippen LogP contribution < -0.4 is 0 Å². The summed E-state index contributed by atoms with van der Waals surface area (Å²) in [6.45, 7) is 2.00. The van der Waals surface area contributed by atoms with Crippen molar-refractivity contribution in [1.29, 1.82) is 0 Å². The molecule has 0 N–H and O–H groups in total. The molecule has 0 aliphatic carbocycles. The van der Waals surface area contributed by atoms with E-state index >= 15 is 0 Å². The number of alkyl halides is 1. The zero-order valence-electron chi connectivity index (χ0n) is 3.66. The van der Waals surface area contributed by atoms with E-state index in [4.69, 9.17) is 6.42 Å². The molecule has 0 amide bonds. The highest BCUT2D eigenvalue weighted by atomic mass is 79.9. The van der Waals surface area contributed by atoms with Crippen LogP contribution >= 0.6 is 15.9 Å². The minimum Gasteiger partial charge on any atom is -0.0748 e. The van der Waals surface area contributed by atoms with E-state index in [1.54, 1.807) is 0 Å². The van der Waals surface area contributed by atoms with Crippen LogP contribution in [0.4, 0.5) is 0 Å². The average Bonchev–Trinajstić information content (AvgIpc) is 1.65. The Labute approximate surface area is 47.1 Å². The van der Waals surface area contributed by atoms with Gasteiger partial charge in [0.15, 0.2) is 0 Å². The predicted molar refractivity (Wildman–Crippen MR) is 30.1 cm³/mol. The summed E-state index contributed by atoms with van der Waals surface area (Å²) >= 11 is 3.18. The summed E-state index contributed by atoms with van der Waals surface area (Å²) in [7, 11) is 0. The molecule has 6 heavy (non-hydrogen) atoms. The van der Waals surface area contributed by atoms with Crippen LogP contribution in [0.3, 0.4) is 0 Å². The third-order valence-electron chi connectivity index (χ3n) is 0.515. The Morgan fingerprint density at radius 2 is 2.50 bits per heavy atom. The first-order chi connectivity index (χ1) is 2.81. The molecular weight excluding hydrogens is 140 g/mol. The van der Waals surface area contributed by atoms with E-state index in [1.165, 1.54) is 0 Å². The number of halogens is 1. The molecule has 1 unspecified atom stereocenters. The molecule has 0 rings (SSSR count). The van der Waals surface area contributed by atoms with Crippen LogP contribution in [0, 0.1) is 12.3 Å². The van der Waals surface area contributed by atoms with Crippen LogP contribution in [0.25, 0.3) is 0 Å². The van der Waals surface area contributed by atoms with Crippen molar-refractivity contribution in [3.8, 4) is 5.92 Å². The second kappa shape index (κ2) is 3.24. The second-order valence-electron chi connectivity index (χ2n) is 1.02. The van der Waals surface area contributed by atoms with Crippen molar-refractivity contribution in [2.75, 3.05) is 0 Å². The first-order valence-electron chi connectivity index (χ1n) is 1.87. The molecule has 0 aromatic rings. The SMILES string of the molecule is [C]#CC(Br)CC. The molecule has 0 spiro atoms. The van der Waals surface area contributed by atoms with Gasteiger partial charge < -0.3 is 0 Å². The van der Waals surface area contributed by atoms with Crippen LogP contribution in [0.5, 0.6) is 0 Å². The maximum absolute atomic E-state index is 6.51. The smallest absolute Gasteiger partial charge is 0.0748 e. The van der Waals surface area contributed by atoms with Gasteiger partial charge in [-0.05, 0) is 12.8 Å². The highest BCUT2D eigenvalue weighted by Gasteiger charge is 1.88. The first-order valence-corrected chi connectivity index (χ1v) is 2.79. The molecule has 1 atom stereocenters. The second-order valence-corrected chi connectivity index (χ2v) is 2.13. The Bertz CT molecular complexity index is 60.8. The first kappa shape index (κ1) is 6.04. The van der Waals surface area contributed by atoms with E-state index in [9.17, 15) is 0 Å². The van der Waals surface area contributed by atoms with Crippen LogP contribution in [0.15, 0.2) is 0 Å². The lowest BCUT2D eigenvalue weighted by Crippen LogP contribution is -1.85. The Hall–Kier alpha value is 0.0400. The number of hydrogen-bond donors (Lipinski definition) is 0. The predicted octanol–water partition coefficient (Wildman–Crippen LogP) is 1.75. The molecule has 1 radical (unpaired) electrons. The van der Waals surface area contributed by atoms with Gasteiger partial charge in [-0.3, -0.25) is 0 Å². The lowest BCUT2D eigenvalue weighted by atomic mass is 10.4. The van der Waals surface area contributed by atoms with Crippen molar-refractivity contribution in [3.63, 3.8) is 0 Å². The average molecular weight is 146 g/mol. The van der Waals surface area contributed by atoms with Crippen LogP contribution in [0.1, 0.15) is 13.3 Å². The van der Waals surface area contributed by atoms with Gasteiger partial charge in [0, 0.05) is 0 Å². The maximum Gasteiger partial charge on any atom is 0.0762 e. The van der Waals surface area contributed by atoms with Crippen LogP contribution in [-0.4, -0.2) is 4.83 Å². The topological polar surface area (TPSA) is 0 Å². The summed E-state index contributed by atoms with van der Waals surface area (Å²) in [5.41, 5.74) is 0. The summed E-state index contributed by atoms with van der Waals surface area (Å²) in [5.74, 6) is 2.28. The van der Waals surface area contributed by atoms with Gasteiger partial charge in [0.2, 0.25) is 0 Å². The molecule has 1 heteroatoms. The van der Waals surface area contributed by atoms with Gasteiger partial charge in [-0.2, -0.15) is 0 Å². The number of hydrogen-bond acceptors (Lipinski definition) is 0. The molecule has 0 saturated carbocycles. The molecule has 0 aromatic carbocycles.